The molecule has 0 aromatic heterocycles. The van der Waals surface area contributed by atoms with Crippen LogP contribution in [0.15, 0.2) is 0 Å². The van der Waals surface area contributed by atoms with Gasteiger partial charge in [0.1, 0.15) is 0 Å². The summed E-state index contributed by atoms with van der Waals surface area (Å²) in [7, 11) is 0. The molecule has 1 aliphatic rings. The van der Waals surface area contributed by atoms with Gasteiger partial charge in [0.25, 0.3) is 0 Å². The molecule has 0 aromatic carbocycles. The summed E-state index contributed by atoms with van der Waals surface area (Å²) in [5, 5.41) is 19.0. The normalized spacial score (nSPS) is 33.3. The maximum absolute atomic E-state index is 10.7. The number of carbonyl (C=O) groups is 1. The van der Waals surface area contributed by atoms with Crippen LogP contribution in [0.5, 0.6) is 0 Å². The van der Waals surface area contributed by atoms with Gasteiger partial charge in [0.15, 0.2) is 0 Å². The lowest BCUT2D eigenvalue weighted by Crippen LogP contribution is -2.37. The first-order valence-electron chi connectivity index (χ1n) is 5.38. The summed E-state index contributed by atoms with van der Waals surface area (Å²) in [5.41, 5.74) is -0.597. The maximum atomic E-state index is 10.7. The summed E-state index contributed by atoms with van der Waals surface area (Å²) in [6, 6.07) is 0. The van der Waals surface area contributed by atoms with Gasteiger partial charge >= 0.3 is 5.97 Å². The molecule has 82 valence electrons. The summed E-state index contributed by atoms with van der Waals surface area (Å²) in [6.45, 7) is 4.17. The first kappa shape index (κ1) is 11.5. The fraction of sp³-hybridized carbons (Fsp3) is 0.909. The Morgan fingerprint density at radius 3 is 2.29 bits per heavy atom. The zero-order valence-corrected chi connectivity index (χ0v) is 8.99. The highest BCUT2D eigenvalue weighted by Gasteiger charge is 2.35. The Hall–Kier alpha value is -0.570. The molecular formula is C11H20O3. The number of carboxylic acids is 1. The summed E-state index contributed by atoms with van der Waals surface area (Å²) in [4.78, 5) is 10.7. The average Bonchev–Trinajstić information content (AvgIpc) is 2.02. The van der Waals surface area contributed by atoms with Crippen molar-refractivity contribution in [3.63, 3.8) is 0 Å². The molecule has 0 saturated heterocycles. The van der Waals surface area contributed by atoms with E-state index in [0.717, 1.165) is 6.42 Å². The molecule has 0 atom stereocenters. The van der Waals surface area contributed by atoms with Crippen molar-refractivity contribution in [1.82, 2.24) is 0 Å². The molecule has 0 unspecified atom stereocenters. The van der Waals surface area contributed by atoms with Crippen LogP contribution in [-0.2, 0) is 4.79 Å². The van der Waals surface area contributed by atoms with Gasteiger partial charge < -0.3 is 10.2 Å². The molecule has 0 bridgehead atoms. The third-order valence-electron chi connectivity index (χ3n) is 3.05. The van der Waals surface area contributed by atoms with Gasteiger partial charge in [-0.3, -0.25) is 4.79 Å². The van der Waals surface area contributed by atoms with Crippen molar-refractivity contribution in [3.05, 3.63) is 0 Å². The maximum Gasteiger partial charge on any atom is 0.306 e. The van der Waals surface area contributed by atoms with E-state index < -0.39 is 11.6 Å². The number of aliphatic carboxylic acids is 1. The van der Waals surface area contributed by atoms with Crippen LogP contribution < -0.4 is 0 Å². The number of carboxylic acid groups (broad SMARTS) is 1. The molecule has 1 aliphatic carbocycles. The average molecular weight is 200 g/mol. The summed E-state index contributed by atoms with van der Waals surface area (Å²) in [5.74, 6) is -0.472. The predicted molar refractivity (Wildman–Crippen MR) is 54.0 cm³/mol. The van der Waals surface area contributed by atoms with E-state index in [0.29, 0.717) is 31.6 Å². The molecule has 1 rings (SSSR count). The molecule has 14 heavy (non-hydrogen) atoms. The third kappa shape index (κ3) is 2.98. The number of hydrogen-bond acceptors (Lipinski definition) is 2. The topological polar surface area (TPSA) is 57.5 Å². The quantitative estimate of drug-likeness (QED) is 0.733. The fourth-order valence-electron chi connectivity index (χ4n) is 2.37. The van der Waals surface area contributed by atoms with Gasteiger partial charge in [-0.2, -0.15) is 0 Å². The predicted octanol–water partition coefficient (Wildman–Crippen LogP) is 2.04. The van der Waals surface area contributed by atoms with E-state index in [1.54, 1.807) is 0 Å². The Balaban J connectivity index is 2.44. The smallest absolute Gasteiger partial charge is 0.306 e. The van der Waals surface area contributed by atoms with Gasteiger partial charge in [-0.15, -0.1) is 0 Å². The molecule has 2 N–H and O–H groups in total. The molecule has 0 amide bonds. The Labute approximate surface area is 85.1 Å². The number of hydrogen-bond donors (Lipinski definition) is 2. The minimum absolute atomic E-state index is 0.234. The second-order valence-electron chi connectivity index (χ2n) is 4.93. The minimum atomic E-state index is -0.711. The van der Waals surface area contributed by atoms with E-state index in [9.17, 15) is 9.90 Å². The fourth-order valence-corrected chi connectivity index (χ4v) is 2.37. The lowest BCUT2D eigenvalue weighted by Gasteiger charge is -2.35. The Bertz CT molecular complexity index is 203. The molecule has 3 nitrogen and oxygen atoms in total. The van der Waals surface area contributed by atoms with Crippen molar-refractivity contribution in [2.45, 2.75) is 51.6 Å². The van der Waals surface area contributed by atoms with Crippen LogP contribution in [0.1, 0.15) is 46.0 Å². The third-order valence-corrected chi connectivity index (χ3v) is 3.05. The lowest BCUT2D eigenvalue weighted by molar-refractivity contribution is -0.145. The van der Waals surface area contributed by atoms with Crippen molar-refractivity contribution in [1.29, 1.82) is 0 Å². The lowest BCUT2D eigenvalue weighted by atomic mass is 9.75. The Kier molecular flexibility index (Phi) is 3.53. The van der Waals surface area contributed by atoms with Gasteiger partial charge in [-0.05, 0) is 38.0 Å². The van der Waals surface area contributed by atoms with Gasteiger partial charge in [0, 0.05) is 0 Å². The van der Waals surface area contributed by atoms with Gasteiger partial charge in [0.2, 0.25) is 0 Å². The van der Waals surface area contributed by atoms with Crippen LogP contribution in [0.4, 0.5) is 0 Å². The van der Waals surface area contributed by atoms with E-state index in [4.69, 9.17) is 5.11 Å². The molecule has 0 aliphatic heterocycles. The highest BCUT2D eigenvalue weighted by atomic mass is 16.4. The zero-order chi connectivity index (χ0) is 10.8. The van der Waals surface area contributed by atoms with Crippen LogP contribution in [0.25, 0.3) is 0 Å². The van der Waals surface area contributed by atoms with Crippen LogP contribution >= 0.6 is 0 Å². The van der Waals surface area contributed by atoms with E-state index >= 15 is 0 Å². The molecular weight excluding hydrogens is 180 g/mol. The van der Waals surface area contributed by atoms with Gasteiger partial charge in [0.05, 0.1) is 11.5 Å². The van der Waals surface area contributed by atoms with Crippen molar-refractivity contribution in [2.24, 2.45) is 11.8 Å². The summed E-state index contributed by atoms with van der Waals surface area (Å²) < 4.78 is 0. The van der Waals surface area contributed by atoms with E-state index in [1.807, 2.05) is 0 Å². The van der Waals surface area contributed by atoms with Crippen LogP contribution in [0.3, 0.4) is 0 Å². The van der Waals surface area contributed by atoms with E-state index in [1.165, 1.54) is 0 Å². The molecule has 1 saturated carbocycles. The largest absolute Gasteiger partial charge is 0.481 e. The molecule has 0 radical (unpaired) electrons. The number of rotatable bonds is 3. The van der Waals surface area contributed by atoms with Crippen LogP contribution in [0.2, 0.25) is 0 Å². The second-order valence-corrected chi connectivity index (χ2v) is 4.93. The van der Waals surface area contributed by atoms with Gasteiger partial charge in [-0.1, -0.05) is 13.8 Å². The van der Waals surface area contributed by atoms with Crippen molar-refractivity contribution >= 4 is 5.97 Å². The van der Waals surface area contributed by atoms with Crippen molar-refractivity contribution in [3.8, 4) is 0 Å². The monoisotopic (exact) mass is 200 g/mol. The van der Waals surface area contributed by atoms with Crippen molar-refractivity contribution < 1.29 is 15.0 Å². The zero-order valence-electron chi connectivity index (χ0n) is 8.99. The molecule has 1 fully saturated rings. The number of aliphatic hydroxyl groups is 1. The highest BCUT2D eigenvalue weighted by molar-refractivity contribution is 5.70. The van der Waals surface area contributed by atoms with E-state index in [2.05, 4.69) is 13.8 Å². The first-order chi connectivity index (χ1) is 6.43. The SMILES string of the molecule is CC(C)CC1(O)CCC(C(=O)O)CC1. The molecule has 3 heteroatoms. The van der Waals surface area contributed by atoms with E-state index in [-0.39, 0.29) is 5.92 Å². The Morgan fingerprint density at radius 1 is 1.43 bits per heavy atom. The van der Waals surface area contributed by atoms with Crippen LogP contribution in [0, 0.1) is 11.8 Å². The molecule has 0 heterocycles. The minimum Gasteiger partial charge on any atom is -0.481 e. The molecule has 0 aromatic rings. The van der Waals surface area contributed by atoms with Crippen LogP contribution in [-0.4, -0.2) is 21.8 Å². The summed E-state index contributed by atoms with van der Waals surface area (Å²) in [6.07, 6.45) is 3.32. The Morgan fingerprint density at radius 2 is 1.93 bits per heavy atom. The van der Waals surface area contributed by atoms with Crippen molar-refractivity contribution in [2.75, 3.05) is 0 Å². The molecule has 0 spiro atoms. The standard InChI is InChI=1S/C11H20O3/c1-8(2)7-11(14)5-3-9(4-6-11)10(12)13/h8-9,14H,3-7H2,1-2H3,(H,12,13). The van der Waals surface area contributed by atoms with Gasteiger partial charge in [-0.25, -0.2) is 0 Å². The highest BCUT2D eigenvalue weighted by Crippen LogP contribution is 2.36. The summed E-state index contributed by atoms with van der Waals surface area (Å²) >= 11 is 0. The first-order valence-corrected chi connectivity index (χ1v) is 5.38. The second kappa shape index (κ2) is 4.30.